The second kappa shape index (κ2) is 6.23. The van der Waals surface area contributed by atoms with Gasteiger partial charge in [-0.25, -0.2) is 0 Å². The second-order valence-electron chi connectivity index (χ2n) is 7.12. The summed E-state index contributed by atoms with van der Waals surface area (Å²) in [5.74, 6) is 0.161. The molecule has 4 nitrogen and oxygen atoms in total. The standard InChI is InChI=1S/C15H30N2O2/c1-12(2)13(18)16-14(3,4)11-15(5,6)17-7-9-19-10-8-17/h12H,7-11H2,1-6H3,(H,16,18). The van der Waals surface area contributed by atoms with Crippen LogP contribution in [0.4, 0.5) is 0 Å². The molecule has 1 amide bonds. The molecule has 1 saturated heterocycles. The van der Waals surface area contributed by atoms with E-state index in [0.29, 0.717) is 0 Å². The highest BCUT2D eigenvalue weighted by atomic mass is 16.5. The number of amides is 1. The number of nitrogens with one attached hydrogen (secondary N) is 1. The third kappa shape index (κ3) is 5.11. The van der Waals surface area contributed by atoms with Gasteiger partial charge in [-0.2, -0.15) is 0 Å². The minimum atomic E-state index is -0.191. The van der Waals surface area contributed by atoms with Gasteiger partial charge in [-0.3, -0.25) is 9.69 Å². The molecule has 0 aromatic carbocycles. The highest BCUT2D eigenvalue weighted by Gasteiger charge is 2.35. The summed E-state index contributed by atoms with van der Waals surface area (Å²) < 4.78 is 5.41. The Kier molecular flexibility index (Phi) is 5.39. The number of carbonyl (C=O) groups is 1. The lowest BCUT2D eigenvalue weighted by molar-refractivity contribution is -0.126. The summed E-state index contributed by atoms with van der Waals surface area (Å²) in [6.45, 7) is 16.1. The summed E-state index contributed by atoms with van der Waals surface area (Å²) >= 11 is 0. The van der Waals surface area contributed by atoms with Crippen LogP contribution in [-0.4, -0.2) is 48.2 Å². The van der Waals surface area contributed by atoms with Crippen molar-refractivity contribution in [2.24, 2.45) is 5.92 Å². The molecule has 19 heavy (non-hydrogen) atoms. The minimum Gasteiger partial charge on any atom is -0.379 e. The highest BCUT2D eigenvalue weighted by Crippen LogP contribution is 2.27. The molecule has 0 unspecified atom stereocenters. The van der Waals surface area contributed by atoms with E-state index in [2.05, 4.69) is 37.9 Å². The fraction of sp³-hybridized carbons (Fsp3) is 0.933. The second-order valence-corrected chi connectivity index (χ2v) is 7.12. The Balaban J connectivity index is 2.61. The summed E-state index contributed by atoms with van der Waals surface area (Å²) in [6, 6.07) is 0. The summed E-state index contributed by atoms with van der Waals surface area (Å²) in [4.78, 5) is 14.3. The minimum absolute atomic E-state index is 0.0331. The van der Waals surface area contributed by atoms with Crippen molar-refractivity contribution in [1.29, 1.82) is 0 Å². The van der Waals surface area contributed by atoms with E-state index in [1.807, 2.05) is 13.8 Å². The van der Waals surface area contributed by atoms with Gasteiger partial charge in [0.2, 0.25) is 5.91 Å². The maximum Gasteiger partial charge on any atom is 0.222 e. The topological polar surface area (TPSA) is 41.6 Å². The van der Waals surface area contributed by atoms with Crippen molar-refractivity contribution in [2.75, 3.05) is 26.3 Å². The molecule has 1 N–H and O–H groups in total. The maximum atomic E-state index is 11.9. The molecule has 0 atom stereocenters. The summed E-state index contributed by atoms with van der Waals surface area (Å²) in [7, 11) is 0. The first-order valence-electron chi connectivity index (χ1n) is 7.29. The molecule has 0 saturated carbocycles. The van der Waals surface area contributed by atoms with Gasteiger partial charge in [-0.15, -0.1) is 0 Å². The molecule has 1 heterocycles. The molecule has 0 aromatic heterocycles. The Morgan fingerprint density at radius 2 is 1.74 bits per heavy atom. The normalized spacial score (nSPS) is 18.7. The van der Waals surface area contributed by atoms with Gasteiger partial charge in [0, 0.05) is 30.1 Å². The lowest BCUT2D eigenvalue weighted by Gasteiger charge is -2.45. The van der Waals surface area contributed by atoms with Gasteiger partial charge in [-0.05, 0) is 34.1 Å². The zero-order valence-electron chi connectivity index (χ0n) is 13.4. The van der Waals surface area contributed by atoms with Crippen LogP contribution in [0.2, 0.25) is 0 Å². The van der Waals surface area contributed by atoms with E-state index in [4.69, 9.17) is 4.74 Å². The van der Waals surface area contributed by atoms with Gasteiger partial charge in [0.25, 0.3) is 0 Å². The van der Waals surface area contributed by atoms with Crippen molar-refractivity contribution < 1.29 is 9.53 Å². The molecule has 1 aliphatic heterocycles. The number of ether oxygens (including phenoxy) is 1. The SMILES string of the molecule is CC(C)C(=O)NC(C)(C)CC(C)(C)N1CCOCC1. The van der Waals surface area contributed by atoms with Gasteiger partial charge in [0.15, 0.2) is 0 Å². The number of hydrogen-bond acceptors (Lipinski definition) is 3. The fourth-order valence-corrected chi connectivity index (χ4v) is 2.88. The fourth-order valence-electron chi connectivity index (χ4n) is 2.88. The first-order valence-corrected chi connectivity index (χ1v) is 7.29. The largest absolute Gasteiger partial charge is 0.379 e. The maximum absolute atomic E-state index is 11.9. The Morgan fingerprint density at radius 1 is 1.21 bits per heavy atom. The van der Waals surface area contributed by atoms with E-state index >= 15 is 0 Å². The first kappa shape index (κ1) is 16.4. The zero-order chi connectivity index (χ0) is 14.7. The highest BCUT2D eigenvalue weighted by molar-refractivity contribution is 5.78. The van der Waals surface area contributed by atoms with Gasteiger partial charge in [0.1, 0.15) is 0 Å². The molecule has 1 rings (SSSR count). The molecular weight excluding hydrogens is 240 g/mol. The van der Waals surface area contributed by atoms with E-state index in [9.17, 15) is 4.79 Å². The molecule has 0 aliphatic carbocycles. The van der Waals surface area contributed by atoms with Crippen molar-refractivity contribution in [3.8, 4) is 0 Å². The van der Waals surface area contributed by atoms with Crippen LogP contribution in [0.1, 0.15) is 48.0 Å². The van der Waals surface area contributed by atoms with Crippen molar-refractivity contribution in [3.05, 3.63) is 0 Å². The summed E-state index contributed by atoms with van der Waals surface area (Å²) in [5.41, 5.74) is -0.124. The van der Waals surface area contributed by atoms with E-state index < -0.39 is 0 Å². The van der Waals surface area contributed by atoms with Crippen LogP contribution in [0.3, 0.4) is 0 Å². The van der Waals surface area contributed by atoms with Crippen LogP contribution in [0, 0.1) is 5.92 Å². The van der Waals surface area contributed by atoms with Crippen LogP contribution in [0.15, 0.2) is 0 Å². The van der Waals surface area contributed by atoms with Crippen LogP contribution in [0.25, 0.3) is 0 Å². The average molecular weight is 270 g/mol. The van der Waals surface area contributed by atoms with Gasteiger partial charge in [0.05, 0.1) is 13.2 Å². The quantitative estimate of drug-likeness (QED) is 0.831. The molecule has 0 spiro atoms. The molecule has 112 valence electrons. The smallest absolute Gasteiger partial charge is 0.222 e. The predicted molar refractivity (Wildman–Crippen MR) is 78.1 cm³/mol. The molecule has 4 heteroatoms. The summed E-state index contributed by atoms with van der Waals surface area (Å²) in [5, 5.41) is 3.15. The first-order chi connectivity index (χ1) is 8.64. The van der Waals surface area contributed by atoms with E-state index in [1.54, 1.807) is 0 Å². The Morgan fingerprint density at radius 3 is 2.21 bits per heavy atom. The number of rotatable bonds is 5. The average Bonchev–Trinajstić information content (AvgIpc) is 2.27. The van der Waals surface area contributed by atoms with Crippen LogP contribution in [0.5, 0.6) is 0 Å². The Labute approximate surface area is 117 Å². The summed E-state index contributed by atoms with van der Waals surface area (Å²) in [6.07, 6.45) is 0.929. The Bertz CT molecular complexity index is 305. The van der Waals surface area contributed by atoms with Crippen LogP contribution < -0.4 is 5.32 Å². The van der Waals surface area contributed by atoms with Crippen LogP contribution >= 0.6 is 0 Å². The molecule has 1 fully saturated rings. The lowest BCUT2D eigenvalue weighted by Crippen LogP contribution is -2.56. The van der Waals surface area contributed by atoms with Gasteiger partial charge >= 0.3 is 0 Å². The lowest BCUT2D eigenvalue weighted by atomic mass is 9.85. The third-order valence-corrected chi connectivity index (χ3v) is 3.73. The van der Waals surface area contributed by atoms with Crippen molar-refractivity contribution in [1.82, 2.24) is 10.2 Å². The van der Waals surface area contributed by atoms with E-state index in [0.717, 1.165) is 32.7 Å². The van der Waals surface area contributed by atoms with Gasteiger partial charge < -0.3 is 10.1 Å². The van der Waals surface area contributed by atoms with Crippen molar-refractivity contribution in [2.45, 2.75) is 59.0 Å². The molecule has 0 aromatic rings. The molecule has 1 aliphatic rings. The van der Waals surface area contributed by atoms with E-state index in [-0.39, 0.29) is 22.9 Å². The number of hydrogen-bond donors (Lipinski definition) is 1. The third-order valence-electron chi connectivity index (χ3n) is 3.73. The van der Waals surface area contributed by atoms with Crippen molar-refractivity contribution >= 4 is 5.91 Å². The zero-order valence-corrected chi connectivity index (χ0v) is 13.4. The molecular formula is C15H30N2O2. The van der Waals surface area contributed by atoms with Crippen molar-refractivity contribution in [3.63, 3.8) is 0 Å². The van der Waals surface area contributed by atoms with E-state index in [1.165, 1.54) is 0 Å². The molecule has 0 bridgehead atoms. The Hall–Kier alpha value is -0.610. The number of carbonyl (C=O) groups excluding carboxylic acids is 1. The molecule has 0 radical (unpaired) electrons. The van der Waals surface area contributed by atoms with Gasteiger partial charge in [-0.1, -0.05) is 13.8 Å². The number of nitrogens with zero attached hydrogens (tertiary/aromatic N) is 1. The monoisotopic (exact) mass is 270 g/mol. The van der Waals surface area contributed by atoms with Crippen LogP contribution in [-0.2, 0) is 9.53 Å². The predicted octanol–water partition coefficient (Wildman–Crippen LogP) is 2.04. The number of morpholine rings is 1.